The van der Waals surface area contributed by atoms with Gasteiger partial charge in [-0.25, -0.2) is 0 Å². The Morgan fingerprint density at radius 1 is 1.28 bits per heavy atom. The van der Waals surface area contributed by atoms with Gasteiger partial charge in [0.05, 0.1) is 19.3 Å². The molecular formula is C22H31NO2. The third-order valence-electron chi connectivity index (χ3n) is 6.84. The monoisotopic (exact) mass is 341 g/mol. The van der Waals surface area contributed by atoms with Crippen molar-refractivity contribution in [3.8, 4) is 0 Å². The van der Waals surface area contributed by atoms with Crippen LogP contribution in [0, 0.1) is 17.3 Å². The van der Waals surface area contributed by atoms with Crippen molar-refractivity contribution in [1.82, 2.24) is 4.90 Å². The number of allylic oxidation sites excluding steroid dienone is 1. The summed E-state index contributed by atoms with van der Waals surface area (Å²) in [6, 6.07) is 8.64. The van der Waals surface area contributed by atoms with Crippen LogP contribution in [0.5, 0.6) is 0 Å². The maximum Gasteiger partial charge on any atom is 0.0900 e. The van der Waals surface area contributed by atoms with Gasteiger partial charge in [-0.1, -0.05) is 44.2 Å². The van der Waals surface area contributed by atoms with Gasteiger partial charge in [-0.2, -0.15) is 0 Å². The minimum absolute atomic E-state index is 0.406. The number of benzene rings is 1. The van der Waals surface area contributed by atoms with Crippen molar-refractivity contribution < 1.29 is 9.84 Å². The van der Waals surface area contributed by atoms with E-state index in [-0.39, 0.29) is 0 Å². The molecule has 1 heterocycles. The van der Waals surface area contributed by atoms with Crippen LogP contribution in [0.4, 0.5) is 0 Å². The molecule has 1 fully saturated rings. The first-order valence-corrected chi connectivity index (χ1v) is 9.78. The molecule has 1 aliphatic heterocycles. The molecule has 3 heteroatoms. The molecule has 3 aliphatic carbocycles. The predicted octanol–water partition coefficient (Wildman–Crippen LogP) is 3.41. The molecule has 2 bridgehead atoms. The number of fused-ring (bicyclic) bond motifs is 2. The van der Waals surface area contributed by atoms with Gasteiger partial charge in [0.1, 0.15) is 0 Å². The lowest BCUT2D eigenvalue weighted by Crippen LogP contribution is -2.48. The number of nitrogens with zero attached hydrogens (tertiary/aromatic N) is 1. The van der Waals surface area contributed by atoms with Crippen LogP contribution in [0.2, 0.25) is 0 Å². The number of aliphatic hydroxyl groups excluding tert-OH is 1. The van der Waals surface area contributed by atoms with Crippen LogP contribution in [0.1, 0.15) is 37.8 Å². The normalized spacial score (nSPS) is 28.7. The van der Waals surface area contributed by atoms with Gasteiger partial charge in [0, 0.05) is 19.6 Å². The fourth-order valence-electron chi connectivity index (χ4n) is 5.01. The molecule has 3 atom stereocenters. The lowest BCUT2D eigenvalue weighted by atomic mass is 9.49. The number of aliphatic hydroxyl groups is 1. The molecule has 0 saturated heterocycles. The molecule has 0 spiro atoms. The maximum atomic E-state index is 10.4. The van der Waals surface area contributed by atoms with E-state index >= 15 is 0 Å². The lowest BCUT2D eigenvalue weighted by molar-refractivity contribution is -0.0265. The van der Waals surface area contributed by atoms with Gasteiger partial charge < -0.3 is 9.84 Å². The topological polar surface area (TPSA) is 32.7 Å². The lowest BCUT2D eigenvalue weighted by Gasteiger charge is -2.56. The number of hydrogen-bond acceptors (Lipinski definition) is 3. The van der Waals surface area contributed by atoms with Crippen LogP contribution >= 0.6 is 0 Å². The summed E-state index contributed by atoms with van der Waals surface area (Å²) in [5.74, 6) is 1.57. The molecule has 25 heavy (non-hydrogen) atoms. The molecule has 0 radical (unpaired) electrons. The van der Waals surface area contributed by atoms with Crippen LogP contribution < -0.4 is 0 Å². The molecule has 0 aromatic heterocycles. The Bertz CT molecular complexity index is 651. The summed E-state index contributed by atoms with van der Waals surface area (Å²) in [6.45, 7) is 8.58. The second-order valence-electron chi connectivity index (χ2n) is 8.74. The standard InChI is InChI=1S/C22H31NO2/c1-22(2)19-8-7-18(21(22)11-19)14-25-15-20(24)13-23-10-9-16-5-3-4-6-17(16)12-23/h3-7,19-21,24H,8-15H2,1-2H3/t19-,20-,21+/m0/s1. The van der Waals surface area contributed by atoms with Crippen molar-refractivity contribution in [1.29, 1.82) is 0 Å². The average Bonchev–Trinajstić information content (AvgIpc) is 2.61. The van der Waals surface area contributed by atoms with Gasteiger partial charge in [0.25, 0.3) is 0 Å². The molecule has 5 rings (SSSR count). The number of β-amino-alcohol motifs (C(OH)–C–C–N with tert-alkyl or cyclic N) is 1. The van der Waals surface area contributed by atoms with Crippen molar-refractivity contribution in [3.05, 3.63) is 47.0 Å². The number of ether oxygens (including phenoxy) is 1. The van der Waals surface area contributed by atoms with E-state index in [1.165, 1.54) is 29.5 Å². The summed E-state index contributed by atoms with van der Waals surface area (Å²) in [6.07, 6.45) is 5.60. The van der Waals surface area contributed by atoms with Crippen LogP contribution in [-0.2, 0) is 17.7 Å². The first-order valence-electron chi connectivity index (χ1n) is 9.78. The Hall–Kier alpha value is -1.16. The molecule has 136 valence electrons. The summed E-state index contributed by atoms with van der Waals surface area (Å²) in [7, 11) is 0. The van der Waals surface area contributed by atoms with Crippen LogP contribution in [0.3, 0.4) is 0 Å². The van der Waals surface area contributed by atoms with Gasteiger partial charge in [0.15, 0.2) is 0 Å². The summed E-state index contributed by atoms with van der Waals surface area (Å²) >= 11 is 0. The van der Waals surface area contributed by atoms with E-state index in [0.717, 1.165) is 25.4 Å². The third-order valence-corrected chi connectivity index (χ3v) is 6.84. The molecule has 1 saturated carbocycles. The molecule has 1 N–H and O–H groups in total. The highest BCUT2D eigenvalue weighted by molar-refractivity contribution is 5.29. The predicted molar refractivity (Wildman–Crippen MR) is 100 cm³/mol. The zero-order chi connectivity index (χ0) is 17.4. The smallest absolute Gasteiger partial charge is 0.0900 e. The largest absolute Gasteiger partial charge is 0.389 e. The van der Waals surface area contributed by atoms with Crippen LogP contribution in [0.25, 0.3) is 0 Å². The van der Waals surface area contributed by atoms with Crippen molar-refractivity contribution in [2.75, 3.05) is 26.3 Å². The zero-order valence-electron chi connectivity index (χ0n) is 15.6. The highest BCUT2D eigenvalue weighted by atomic mass is 16.5. The van der Waals surface area contributed by atoms with Gasteiger partial charge >= 0.3 is 0 Å². The molecule has 0 amide bonds. The molecule has 3 nitrogen and oxygen atoms in total. The summed E-state index contributed by atoms with van der Waals surface area (Å²) in [5, 5.41) is 10.4. The Labute approximate surface area is 151 Å². The van der Waals surface area contributed by atoms with Gasteiger partial charge in [-0.05, 0) is 53.2 Å². The maximum absolute atomic E-state index is 10.4. The minimum atomic E-state index is -0.406. The van der Waals surface area contributed by atoms with Crippen molar-refractivity contribution in [3.63, 3.8) is 0 Å². The van der Waals surface area contributed by atoms with Gasteiger partial charge in [-0.15, -0.1) is 0 Å². The van der Waals surface area contributed by atoms with E-state index in [9.17, 15) is 5.11 Å². The fraction of sp³-hybridized carbons (Fsp3) is 0.636. The van der Waals surface area contributed by atoms with E-state index in [1.54, 1.807) is 0 Å². The van der Waals surface area contributed by atoms with E-state index in [4.69, 9.17) is 4.74 Å². The summed E-state index contributed by atoms with van der Waals surface area (Å²) < 4.78 is 5.89. The fourth-order valence-corrected chi connectivity index (χ4v) is 5.01. The van der Waals surface area contributed by atoms with Crippen molar-refractivity contribution in [2.45, 2.75) is 45.8 Å². The Kier molecular flexibility index (Phi) is 4.74. The quantitative estimate of drug-likeness (QED) is 0.805. The SMILES string of the molecule is CC1(C)[C@H]2CC=C(COC[C@@H](O)CN3CCc4ccccc4C3)[C@H]1C2. The highest BCUT2D eigenvalue weighted by Crippen LogP contribution is 2.59. The van der Waals surface area contributed by atoms with Crippen molar-refractivity contribution >= 4 is 0 Å². The molecule has 4 aliphatic rings. The number of hydrogen-bond donors (Lipinski definition) is 1. The van der Waals surface area contributed by atoms with Gasteiger partial charge in [0.2, 0.25) is 0 Å². The van der Waals surface area contributed by atoms with Crippen molar-refractivity contribution in [2.24, 2.45) is 17.3 Å². The zero-order valence-corrected chi connectivity index (χ0v) is 15.6. The van der Waals surface area contributed by atoms with Crippen LogP contribution in [-0.4, -0.2) is 42.4 Å². The minimum Gasteiger partial charge on any atom is -0.389 e. The molecule has 1 aromatic carbocycles. The second kappa shape index (κ2) is 6.86. The molecule has 0 unspecified atom stereocenters. The van der Waals surface area contributed by atoms with Gasteiger partial charge in [-0.3, -0.25) is 4.90 Å². The summed E-state index contributed by atoms with van der Waals surface area (Å²) in [5.41, 5.74) is 4.77. The Morgan fingerprint density at radius 3 is 2.84 bits per heavy atom. The van der Waals surface area contributed by atoms with Crippen LogP contribution in [0.15, 0.2) is 35.9 Å². The Morgan fingerprint density at radius 2 is 2.08 bits per heavy atom. The third kappa shape index (κ3) is 3.42. The average molecular weight is 341 g/mol. The first-order chi connectivity index (χ1) is 12.0. The first kappa shape index (κ1) is 17.3. The summed E-state index contributed by atoms with van der Waals surface area (Å²) in [4.78, 5) is 2.34. The molecule has 1 aromatic rings. The number of rotatable bonds is 6. The van der Waals surface area contributed by atoms with E-state index in [2.05, 4.69) is 49.1 Å². The molecular weight excluding hydrogens is 310 g/mol. The van der Waals surface area contributed by atoms with E-state index in [0.29, 0.717) is 31.1 Å². The Balaban J connectivity index is 1.21. The highest BCUT2D eigenvalue weighted by Gasteiger charge is 2.50. The van der Waals surface area contributed by atoms with E-state index in [1.807, 2.05) is 0 Å². The van der Waals surface area contributed by atoms with E-state index < -0.39 is 6.10 Å². The second-order valence-corrected chi connectivity index (χ2v) is 8.74.